The number of nitrogens with zero attached hydrogens (tertiary/aromatic N) is 1. The van der Waals surface area contributed by atoms with Gasteiger partial charge in [-0.15, -0.1) is 0 Å². The maximum absolute atomic E-state index is 9.62. The van der Waals surface area contributed by atoms with Gasteiger partial charge in [0.25, 0.3) is 0 Å². The molecule has 2 nitrogen and oxygen atoms in total. The van der Waals surface area contributed by atoms with E-state index in [0.29, 0.717) is 5.92 Å². The third-order valence-corrected chi connectivity index (χ3v) is 4.94. The number of hydrogen-bond acceptors (Lipinski definition) is 2. The Morgan fingerprint density at radius 3 is 2.32 bits per heavy atom. The number of benzene rings is 1. The SMILES string of the molecule is CN1CCC(c2cccc(C3CCC(O)CC3)c2)C1. The van der Waals surface area contributed by atoms with Gasteiger partial charge in [0.2, 0.25) is 0 Å². The summed E-state index contributed by atoms with van der Waals surface area (Å²) in [5, 5.41) is 9.62. The monoisotopic (exact) mass is 259 g/mol. The molecule has 19 heavy (non-hydrogen) atoms. The number of aliphatic hydroxyl groups excluding tert-OH is 1. The van der Waals surface area contributed by atoms with Crippen LogP contribution in [-0.4, -0.2) is 36.2 Å². The summed E-state index contributed by atoms with van der Waals surface area (Å²) in [6.45, 7) is 2.43. The molecule has 1 unspecified atom stereocenters. The molecule has 1 aromatic rings. The van der Waals surface area contributed by atoms with E-state index in [2.05, 4.69) is 36.2 Å². The van der Waals surface area contributed by atoms with E-state index in [0.717, 1.165) is 31.6 Å². The molecule has 1 N–H and O–H groups in total. The van der Waals surface area contributed by atoms with Crippen LogP contribution in [0, 0.1) is 0 Å². The summed E-state index contributed by atoms with van der Waals surface area (Å²) in [6, 6.07) is 9.25. The van der Waals surface area contributed by atoms with E-state index in [4.69, 9.17) is 0 Å². The maximum atomic E-state index is 9.62. The molecule has 2 fully saturated rings. The van der Waals surface area contributed by atoms with Crippen molar-refractivity contribution in [1.29, 1.82) is 0 Å². The standard InChI is InChI=1S/C17H25NO/c1-18-10-9-16(12-18)15-4-2-3-14(11-15)13-5-7-17(19)8-6-13/h2-4,11,13,16-17,19H,5-10,12H2,1H3. The van der Waals surface area contributed by atoms with Crippen molar-refractivity contribution in [3.05, 3.63) is 35.4 Å². The van der Waals surface area contributed by atoms with Crippen LogP contribution in [0.15, 0.2) is 24.3 Å². The van der Waals surface area contributed by atoms with Crippen molar-refractivity contribution in [1.82, 2.24) is 4.90 Å². The second-order valence-corrected chi connectivity index (χ2v) is 6.42. The first-order valence-electron chi connectivity index (χ1n) is 7.69. The maximum Gasteiger partial charge on any atom is 0.0540 e. The Hall–Kier alpha value is -0.860. The lowest BCUT2D eigenvalue weighted by molar-refractivity contribution is 0.122. The van der Waals surface area contributed by atoms with Gasteiger partial charge in [0.15, 0.2) is 0 Å². The van der Waals surface area contributed by atoms with Gasteiger partial charge in [-0.1, -0.05) is 24.3 Å². The van der Waals surface area contributed by atoms with Crippen molar-refractivity contribution in [3.63, 3.8) is 0 Å². The molecule has 1 aliphatic heterocycles. The van der Waals surface area contributed by atoms with Crippen LogP contribution in [0.1, 0.15) is 55.1 Å². The van der Waals surface area contributed by atoms with Gasteiger partial charge < -0.3 is 10.0 Å². The average molecular weight is 259 g/mol. The van der Waals surface area contributed by atoms with E-state index in [1.165, 1.54) is 30.6 Å². The molecule has 0 aromatic heterocycles. The Bertz CT molecular complexity index is 423. The van der Waals surface area contributed by atoms with Gasteiger partial charge >= 0.3 is 0 Å². The van der Waals surface area contributed by atoms with Crippen molar-refractivity contribution in [2.45, 2.75) is 50.0 Å². The molecular formula is C17H25NO. The van der Waals surface area contributed by atoms with Crippen molar-refractivity contribution < 1.29 is 5.11 Å². The van der Waals surface area contributed by atoms with Crippen LogP contribution in [0.4, 0.5) is 0 Å². The fourth-order valence-electron chi connectivity index (χ4n) is 3.68. The Morgan fingerprint density at radius 1 is 1.00 bits per heavy atom. The smallest absolute Gasteiger partial charge is 0.0540 e. The van der Waals surface area contributed by atoms with E-state index in [-0.39, 0.29) is 6.10 Å². The van der Waals surface area contributed by atoms with Crippen molar-refractivity contribution in [2.75, 3.05) is 20.1 Å². The Balaban J connectivity index is 1.72. The summed E-state index contributed by atoms with van der Waals surface area (Å²) >= 11 is 0. The highest BCUT2D eigenvalue weighted by Crippen LogP contribution is 2.35. The molecule has 3 rings (SSSR count). The van der Waals surface area contributed by atoms with Crippen LogP contribution >= 0.6 is 0 Å². The minimum absolute atomic E-state index is 0.0529. The summed E-state index contributed by atoms with van der Waals surface area (Å²) in [7, 11) is 2.21. The van der Waals surface area contributed by atoms with Gasteiger partial charge in [0, 0.05) is 6.54 Å². The molecule has 1 saturated carbocycles. The molecule has 0 radical (unpaired) electrons. The topological polar surface area (TPSA) is 23.5 Å². The molecule has 0 amide bonds. The zero-order valence-electron chi connectivity index (χ0n) is 11.9. The normalized spacial score (nSPS) is 32.6. The number of likely N-dealkylation sites (N-methyl/N-ethyl adjacent to an activating group) is 1. The first-order valence-corrected chi connectivity index (χ1v) is 7.69. The van der Waals surface area contributed by atoms with Crippen molar-refractivity contribution in [2.24, 2.45) is 0 Å². The predicted molar refractivity (Wildman–Crippen MR) is 78.5 cm³/mol. The van der Waals surface area contributed by atoms with Crippen molar-refractivity contribution in [3.8, 4) is 0 Å². The molecule has 1 saturated heterocycles. The van der Waals surface area contributed by atoms with E-state index in [1.54, 1.807) is 0 Å². The minimum atomic E-state index is -0.0529. The zero-order chi connectivity index (χ0) is 13.2. The van der Waals surface area contributed by atoms with Crippen LogP contribution in [0.5, 0.6) is 0 Å². The molecule has 0 spiro atoms. The van der Waals surface area contributed by atoms with Gasteiger partial charge in [-0.2, -0.15) is 0 Å². The summed E-state index contributed by atoms with van der Waals surface area (Å²) in [6.07, 6.45) is 5.48. The van der Waals surface area contributed by atoms with E-state index in [9.17, 15) is 5.11 Å². The lowest BCUT2D eigenvalue weighted by Gasteiger charge is -2.26. The van der Waals surface area contributed by atoms with Gasteiger partial charge in [0.05, 0.1) is 6.10 Å². The van der Waals surface area contributed by atoms with Crippen LogP contribution in [0.25, 0.3) is 0 Å². The summed E-state index contributed by atoms with van der Waals surface area (Å²) in [5.74, 6) is 1.39. The van der Waals surface area contributed by atoms with E-state index >= 15 is 0 Å². The quantitative estimate of drug-likeness (QED) is 0.882. The second kappa shape index (κ2) is 5.64. The minimum Gasteiger partial charge on any atom is -0.393 e. The zero-order valence-corrected chi connectivity index (χ0v) is 11.9. The largest absolute Gasteiger partial charge is 0.393 e. The molecule has 2 aliphatic rings. The highest BCUT2D eigenvalue weighted by Gasteiger charge is 2.24. The lowest BCUT2D eigenvalue weighted by atomic mass is 9.81. The lowest BCUT2D eigenvalue weighted by Crippen LogP contribution is -2.17. The highest BCUT2D eigenvalue weighted by molar-refractivity contribution is 5.30. The molecule has 0 bridgehead atoms. The van der Waals surface area contributed by atoms with Crippen LogP contribution < -0.4 is 0 Å². The molecule has 104 valence electrons. The molecule has 2 heteroatoms. The third-order valence-electron chi connectivity index (χ3n) is 4.94. The van der Waals surface area contributed by atoms with Gasteiger partial charge in [0.1, 0.15) is 0 Å². The summed E-state index contributed by atoms with van der Waals surface area (Å²) < 4.78 is 0. The van der Waals surface area contributed by atoms with Crippen LogP contribution in [0.3, 0.4) is 0 Å². The van der Waals surface area contributed by atoms with Gasteiger partial charge in [-0.3, -0.25) is 0 Å². The van der Waals surface area contributed by atoms with Gasteiger partial charge in [-0.25, -0.2) is 0 Å². The first kappa shape index (κ1) is 13.1. The molecular weight excluding hydrogens is 234 g/mol. The van der Waals surface area contributed by atoms with Gasteiger partial charge in [-0.05, 0) is 68.7 Å². The Kier molecular flexibility index (Phi) is 3.90. The molecule has 1 atom stereocenters. The number of aliphatic hydroxyl groups is 1. The Morgan fingerprint density at radius 2 is 1.68 bits per heavy atom. The number of rotatable bonds is 2. The number of likely N-dealkylation sites (tertiary alicyclic amines) is 1. The van der Waals surface area contributed by atoms with Crippen LogP contribution in [0.2, 0.25) is 0 Å². The van der Waals surface area contributed by atoms with Crippen molar-refractivity contribution >= 4 is 0 Å². The highest BCUT2D eigenvalue weighted by atomic mass is 16.3. The number of hydrogen-bond donors (Lipinski definition) is 1. The van der Waals surface area contributed by atoms with Crippen LogP contribution in [-0.2, 0) is 0 Å². The van der Waals surface area contributed by atoms with E-state index in [1.807, 2.05) is 0 Å². The van der Waals surface area contributed by atoms with E-state index < -0.39 is 0 Å². The molecule has 1 heterocycles. The second-order valence-electron chi connectivity index (χ2n) is 6.42. The molecule has 1 aromatic carbocycles. The average Bonchev–Trinajstić information content (AvgIpc) is 2.86. The molecule has 1 aliphatic carbocycles. The summed E-state index contributed by atoms with van der Waals surface area (Å²) in [4.78, 5) is 2.42. The fourth-order valence-corrected chi connectivity index (χ4v) is 3.68. The fraction of sp³-hybridized carbons (Fsp3) is 0.647. The summed E-state index contributed by atoms with van der Waals surface area (Å²) in [5.41, 5.74) is 3.02. The third kappa shape index (κ3) is 3.01. The Labute approximate surface area is 116 Å². The first-order chi connectivity index (χ1) is 9.22. The predicted octanol–water partition coefficient (Wildman–Crippen LogP) is 3.12.